The Labute approximate surface area is 112 Å². The van der Waals surface area contributed by atoms with Gasteiger partial charge in [0, 0.05) is 13.1 Å². The number of rotatable bonds is 5. The Kier molecular flexibility index (Phi) is 3.47. The Morgan fingerprint density at radius 2 is 1.84 bits per heavy atom. The minimum atomic E-state index is -0.802. The molecule has 0 heterocycles. The van der Waals surface area contributed by atoms with E-state index in [0.29, 0.717) is 5.92 Å². The molecule has 0 aromatic heterocycles. The quantitative estimate of drug-likeness (QED) is 0.674. The van der Waals surface area contributed by atoms with Crippen LogP contribution in [0.4, 0.5) is 4.79 Å². The predicted octanol–water partition coefficient (Wildman–Crippen LogP) is 0.398. The average Bonchev–Trinajstić information content (AvgIpc) is 3.08. The van der Waals surface area contributed by atoms with E-state index in [0.717, 1.165) is 12.8 Å². The summed E-state index contributed by atoms with van der Waals surface area (Å²) in [5.41, 5.74) is -0.645. The highest BCUT2D eigenvalue weighted by Gasteiger charge is 2.74. The summed E-state index contributed by atoms with van der Waals surface area (Å²) in [6.45, 7) is 5.52. The van der Waals surface area contributed by atoms with E-state index in [9.17, 15) is 14.7 Å². The molecule has 2 rings (SSSR count). The molecule has 1 unspecified atom stereocenters. The van der Waals surface area contributed by atoms with Gasteiger partial charge in [0.15, 0.2) is 0 Å². The number of alkyl carbamates (subject to hydrolysis) is 1. The van der Waals surface area contributed by atoms with Gasteiger partial charge in [0.2, 0.25) is 5.91 Å². The van der Waals surface area contributed by atoms with Gasteiger partial charge in [-0.05, 0) is 39.5 Å². The van der Waals surface area contributed by atoms with Crippen molar-refractivity contribution in [1.29, 1.82) is 0 Å². The summed E-state index contributed by atoms with van der Waals surface area (Å²) in [6.07, 6.45) is 0.612. The van der Waals surface area contributed by atoms with Gasteiger partial charge in [-0.1, -0.05) is 0 Å². The van der Waals surface area contributed by atoms with Crippen LogP contribution in [0.1, 0.15) is 33.6 Å². The van der Waals surface area contributed by atoms with Crippen LogP contribution in [0, 0.1) is 11.3 Å². The average molecular weight is 270 g/mol. The Balaban J connectivity index is 1.58. The third kappa shape index (κ3) is 3.59. The van der Waals surface area contributed by atoms with Crippen molar-refractivity contribution in [2.45, 2.75) is 45.3 Å². The fourth-order valence-corrected chi connectivity index (χ4v) is 2.05. The number of nitrogens with one attached hydrogen (secondary N) is 2. The zero-order chi connectivity index (χ0) is 14.3. The molecule has 0 aliphatic heterocycles. The van der Waals surface area contributed by atoms with E-state index in [1.165, 1.54) is 0 Å². The monoisotopic (exact) mass is 270 g/mol. The van der Waals surface area contributed by atoms with Gasteiger partial charge in [0.1, 0.15) is 5.60 Å². The first-order chi connectivity index (χ1) is 8.73. The summed E-state index contributed by atoms with van der Waals surface area (Å²) >= 11 is 0. The maximum atomic E-state index is 11.7. The summed E-state index contributed by atoms with van der Waals surface area (Å²) in [4.78, 5) is 23.0. The summed E-state index contributed by atoms with van der Waals surface area (Å²) in [7, 11) is 0. The molecule has 2 saturated carbocycles. The Bertz CT molecular complexity index is 383. The highest BCUT2D eigenvalue weighted by Crippen LogP contribution is 2.75. The highest BCUT2D eigenvalue weighted by atomic mass is 16.6. The number of hydrogen-bond donors (Lipinski definition) is 3. The van der Waals surface area contributed by atoms with E-state index in [2.05, 4.69) is 10.6 Å². The molecule has 2 aliphatic rings. The van der Waals surface area contributed by atoms with Gasteiger partial charge in [0.05, 0.1) is 11.5 Å². The molecule has 0 radical (unpaired) electrons. The first kappa shape index (κ1) is 14.1. The fraction of sp³-hybridized carbons (Fsp3) is 0.846. The number of hydrogen-bond acceptors (Lipinski definition) is 4. The maximum absolute atomic E-state index is 11.7. The zero-order valence-corrected chi connectivity index (χ0v) is 11.7. The van der Waals surface area contributed by atoms with Gasteiger partial charge in [0.25, 0.3) is 0 Å². The molecule has 0 aromatic carbocycles. The van der Waals surface area contributed by atoms with E-state index < -0.39 is 17.8 Å². The second-order valence-corrected chi connectivity index (χ2v) is 6.51. The number of fused-ring (bicyclic) bond motifs is 1. The minimum absolute atomic E-state index is 0.0359. The number of amides is 2. The van der Waals surface area contributed by atoms with E-state index >= 15 is 0 Å². The van der Waals surface area contributed by atoms with Crippen LogP contribution >= 0.6 is 0 Å². The lowest BCUT2D eigenvalue weighted by Gasteiger charge is -2.20. The van der Waals surface area contributed by atoms with Crippen molar-refractivity contribution in [2.24, 2.45) is 11.3 Å². The Morgan fingerprint density at radius 3 is 2.32 bits per heavy atom. The fourth-order valence-electron chi connectivity index (χ4n) is 2.05. The Hall–Kier alpha value is -1.30. The topological polar surface area (TPSA) is 87.7 Å². The standard InChI is InChI=1S/C13H22N2O4/c1-12(2,3)19-11(18)15-7-9(16)6-14-10(17)13-4-8(13)5-13/h8-9,16H,4-7H2,1-3H3,(H,14,17)(H,15,18). The van der Waals surface area contributed by atoms with Gasteiger partial charge in [-0.2, -0.15) is 0 Å². The lowest BCUT2D eigenvalue weighted by Crippen LogP contribution is -2.42. The molecule has 1 atom stereocenters. The second kappa shape index (κ2) is 4.67. The van der Waals surface area contributed by atoms with Crippen molar-refractivity contribution in [3.8, 4) is 0 Å². The van der Waals surface area contributed by atoms with Crippen LogP contribution < -0.4 is 10.6 Å². The molecule has 0 spiro atoms. The van der Waals surface area contributed by atoms with Crippen LogP contribution in [0.5, 0.6) is 0 Å². The molecule has 2 fully saturated rings. The number of ether oxygens (including phenoxy) is 1. The lowest BCUT2D eigenvalue weighted by molar-refractivity contribution is -0.124. The van der Waals surface area contributed by atoms with Crippen LogP contribution in [-0.4, -0.2) is 41.9 Å². The van der Waals surface area contributed by atoms with Crippen LogP contribution in [-0.2, 0) is 9.53 Å². The summed E-state index contributed by atoms with van der Waals surface area (Å²) in [6, 6.07) is 0. The Morgan fingerprint density at radius 1 is 1.32 bits per heavy atom. The molecule has 2 aliphatic carbocycles. The van der Waals surface area contributed by atoms with Crippen molar-refractivity contribution in [2.75, 3.05) is 13.1 Å². The first-order valence-corrected chi connectivity index (χ1v) is 6.66. The molecule has 0 aromatic rings. The van der Waals surface area contributed by atoms with E-state index in [1.807, 2.05) is 0 Å². The van der Waals surface area contributed by atoms with Gasteiger partial charge in [-0.15, -0.1) is 0 Å². The van der Waals surface area contributed by atoms with Gasteiger partial charge in [-0.3, -0.25) is 4.79 Å². The summed E-state index contributed by atoms with van der Waals surface area (Å²) in [5.74, 6) is 0.623. The van der Waals surface area contributed by atoms with Crippen molar-refractivity contribution >= 4 is 12.0 Å². The van der Waals surface area contributed by atoms with Gasteiger partial charge < -0.3 is 20.5 Å². The minimum Gasteiger partial charge on any atom is -0.444 e. The summed E-state index contributed by atoms with van der Waals surface area (Å²) < 4.78 is 5.04. The van der Waals surface area contributed by atoms with Gasteiger partial charge in [-0.25, -0.2) is 4.79 Å². The van der Waals surface area contributed by atoms with Gasteiger partial charge >= 0.3 is 6.09 Å². The van der Waals surface area contributed by atoms with Crippen LogP contribution in [0.15, 0.2) is 0 Å². The van der Waals surface area contributed by atoms with Crippen LogP contribution in [0.2, 0.25) is 0 Å². The summed E-state index contributed by atoms with van der Waals surface area (Å²) in [5, 5.41) is 14.8. The van der Waals surface area contributed by atoms with Crippen molar-refractivity contribution in [1.82, 2.24) is 10.6 Å². The normalized spacial score (nSPS) is 28.9. The van der Waals surface area contributed by atoms with Crippen LogP contribution in [0.25, 0.3) is 0 Å². The molecular weight excluding hydrogens is 248 g/mol. The largest absolute Gasteiger partial charge is 0.444 e. The second-order valence-electron chi connectivity index (χ2n) is 6.51. The molecule has 0 saturated heterocycles. The molecule has 6 nitrogen and oxygen atoms in total. The van der Waals surface area contributed by atoms with Crippen LogP contribution in [0.3, 0.4) is 0 Å². The molecule has 3 N–H and O–H groups in total. The predicted molar refractivity (Wildman–Crippen MR) is 68.4 cm³/mol. The van der Waals surface area contributed by atoms with E-state index in [-0.39, 0.29) is 24.4 Å². The third-order valence-corrected chi connectivity index (χ3v) is 3.51. The number of carbonyl (C=O) groups excluding carboxylic acids is 2. The number of aliphatic hydroxyl groups is 1. The molecule has 19 heavy (non-hydrogen) atoms. The third-order valence-electron chi connectivity index (χ3n) is 3.51. The lowest BCUT2D eigenvalue weighted by atomic mass is 10.2. The van der Waals surface area contributed by atoms with E-state index in [4.69, 9.17) is 4.74 Å². The zero-order valence-electron chi connectivity index (χ0n) is 11.7. The maximum Gasteiger partial charge on any atom is 0.407 e. The first-order valence-electron chi connectivity index (χ1n) is 6.66. The van der Waals surface area contributed by atoms with Crippen molar-refractivity contribution in [3.05, 3.63) is 0 Å². The molecule has 108 valence electrons. The SMILES string of the molecule is CC(C)(C)OC(=O)NCC(O)CNC(=O)C12CC1C2. The molecule has 0 bridgehead atoms. The number of carbonyl (C=O) groups is 2. The van der Waals surface area contributed by atoms with Crippen molar-refractivity contribution < 1.29 is 19.4 Å². The number of aliphatic hydroxyl groups excluding tert-OH is 1. The molecule has 6 heteroatoms. The van der Waals surface area contributed by atoms with E-state index in [1.54, 1.807) is 20.8 Å². The van der Waals surface area contributed by atoms with Crippen molar-refractivity contribution in [3.63, 3.8) is 0 Å². The smallest absolute Gasteiger partial charge is 0.407 e. The molecular formula is C13H22N2O4. The highest BCUT2D eigenvalue weighted by molar-refractivity contribution is 5.90. The molecule has 2 amide bonds.